The molecule has 8 nitrogen and oxygen atoms in total. The van der Waals surface area contributed by atoms with Crippen molar-refractivity contribution in [2.24, 2.45) is 0 Å². The molecule has 1 aliphatic rings. The number of aromatic nitrogens is 5. The molecule has 1 N–H and O–H groups in total. The summed E-state index contributed by atoms with van der Waals surface area (Å²) in [6, 6.07) is 1.99. The molecule has 3 aromatic rings. The zero-order valence-corrected chi connectivity index (χ0v) is 15.4. The summed E-state index contributed by atoms with van der Waals surface area (Å²) < 4.78 is 6.84. The van der Waals surface area contributed by atoms with Gasteiger partial charge in [-0.15, -0.1) is 0 Å². The Morgan fingerprint density at radius 2 is 2.23 bits per heavy atom. The first-order chi connectivity index (χ1) is 12.6. The fourth-order valence-corrected chi connectivity index (χ4v) is 3.39. The van der Waals surface area contributed by atoms with Gasteiger partial charge in [0.15, 0.2) is 11.6 Å². The first kappa shape index (κ1) is 17.0. The van der Waals surface area contributed by atoms with Crippen LogP contribution in [-0.4, -0.2) is 48.0 Å². The number of hydrogen-bond acceptors (Lipinski definition) is 7. The van der Waals surface area contributed by atoms with Crippen LogP contribution in [0.2, 0.25) is 0 Å². The summed E-state index contributed by atoms with van der Waals surface area (Å²) in [6.07, 6.45) is 4.91. The standard InChI is InChI=1S/C17H19N5O3S/c1-9-15-11(7-12(10-3-4-10)18-17(15)25-21-9)16-19-13(5-6-26-2)20-22(16)8-14(23)24/h7,10H,3-6,8H2,1-2H3,(H,23,24). The minimum Gasteiger partial charge on any atom is -0.480 e. The van der Waals surface area contributed by atoms with Crippen molar-refractivity contribution >= 4 is 28.8 Å². The molecule has 3 aromatic heterocycles. The summed E-state index contributed by atoms with van der Waals surface area (Å²) in [7, 11) is 0. The number of aliphatic carboxylic acids is 1. The third kappa shape index (κ3) is 3.18. The number of fused-ring (bicyclic) bond motifs is 1. The maximum atomic E-state index is 11.3. The Bertz CT molecular complexity index is 976. The molecule has 0 aromatic carbocycles. The van der Waals surface area contributed by atoms with E-state index in [0.717, 1.165) is 35.2 Å². The van der Waals surface area contributed by atoms with Crippen LogP contribution < -0.4 is 0 Å². The summed E-state index contributed by atoms with van der Waals surface area (Å²) in [4.78, 5) is 20.5. The fraction of sp³-hybridized carbons (Fsp3) is 0.471. The molecule has 3 heterocycles. The van der Waals surface area contributed by atoms with E-state index in [1.54, 1.807) is 11.8 Å². The molecule has 0 atom stereocenters. The zero-order chi connectivity index (χ0) is 18.3. The van der Waals surface area contributed by atoms with E-state index in [-0.39, 0.29) is 6.54 Å². The summed E-state index contributed by atoms with van der Waals surface area (Å²) >= 11 is 1.70. The van der Waals surface area contributed by atoms with Gasteiger partial charge in [-0.25, -0.2) is 14.6 Å². The monoisotopic (exact) mass is 373 g/mol. The Labute approximate surface area is 154 Å². The molecule has 26 heavy (non-hydrogen) atoms. The van der Waals surface area contributed by atoms with Gasteiger partial charge >= 0.3 is 5.97 Å². The summed E-state index contributed by atoms with van der Waals surface area (Å²) in [5.41, 5.74) is 2.91. The maximum Gasteiger partial charge on any atom is 0.325 e. The van der Waals surface area contributed by atoms with Gasteiger partial charge in [-0.05, 0) is 32.1 Å². The van der Waals surface area contributed by atoms with Gasteiger partial charge in [0.2, 0.25) is 0 Å². The lowest BCUT2D eigenvalue weighted by Gasteiger charge is -2.06. The third-order valence-electron chi connectivity index (χ3n) is 4.40. The van der Waals surface area contributed by atoms with Crippen LogP contribution >= 0.6 is 11.8 Å². The van der Waals surface area contributed by atoms with Crippen molar-refractivity contribution in [3.63, 3.8) is 0 Å². The van der Waals surface area contributed by atoms with Crippen LogP contribution in [0.3, 0.4) is 0 Å². The van der Waals surface area contributed by atoms with Gasteiger partial charge < -0.3 is 9.63 Å². The molecule has 1 aliphatic carbocycles. The fourth-order valence-electron chi connectivity index (χ4n) is 3.00. The van der Waals surface area contributed by atoms with E-state index >= 15 is 0 Å². The minimum atomic E-state index is -0.956. The molecule has 0 radical (unpaired) electrons. The average molecular weight is 373 g/mol. The summed E-state index contributed by atoms with van der Waals surface area (Å²) in [5.74, 6) is 1.52. The molecule has 0 bridgehead atoms. The minimum absolute atomic E-state index is 0.242. The molecule has 1 fully saturated rings. The maximum absolute atomic E-state index is 11.3. The number of hydrogen-bond donors (Lipinski definition) is 1. The Morgan fingerprint density at radius 1 is 1.42 bits per heavy atom. The molecule has 0 spiro atoms. The van der Waals surface area contributed by atoms with Gasteiger partial charge in [-0.3, -0.25) is 4.79 Å². The normalized spacial score (nSPS) is 14.2. The van der Waals surface area contributed by atoms with Crippen LogP contribution in [0.5, 0.6) is 0 Å². The molecule has 0 unspecified atom stereocenters. The molecular weight excluding hydrogens is 354 g/mol. The lowest BCUT2D eigenvalue weighted by Crippen LogP contribution is -2.12. The largest absolute Gasteiger partial charge is 0.480 e. The van der Waals surface area contributed by atoms with Gasteiger partial charge in [-0.1, -0.05) is 5.16 Å². The topological polar surface area (TPSA) is 107 Å². The highest BCUT2D eigenvalue weighted by Crippen LogP contribution is 2.42. The van der Waals surface area contributed by atoms with Crippen LogP contribution in [0.15, 0.2) is 10.6 Å². The molecule has 4 rings (SSSR count). The molecule has 9 heteroatoms. The van der Waals surface area contributed by atoms with Crippen molar-refractivity contribution in [2.45, 2.75) is 38.6 Å². The van der Waals surface area contributed by atoms with Gasteiger partial charge in [0.05, 0.1) is 11.1 Å². The van der Waals surface area contributed by atoms with Crippen LogP contribution in [0.1, 0.15) is 36.0 Å². The number of carboxylic acids is 1. The number of pyridine rings is 1. The Balaban J connectivity index is 1.88. The van der Waals surface area contributed by atoms with E-state index in [1.165, 1.54) is 4.68 Å². The van der Waals surface area contributed by atoms with Crippen LogP contribution in [0.25, 0.3) is 22.5 Å². The molecule has 136 valence electrons. The summed E-state index contributed by atoms with van der Waals surface area (Å²) in [5, 5.41) is 18.5. The molecule has 1 saturated carbocycles. The van der Waals surface area contributed by atoms with Crippen LogP contribution in [0, 0.1) is 6.92 Å². The smallest absolute Gasteiger partial charge is 0.325 e. The highest BCUT2D eigenvalue weighted by atomic mass is 32.2. The first-order valence-corrected chi connectivity index (χ1v) is 9.88. The van der Waals surface area contributed by atoms with Gasteiger partial charge in [0, 0.05) is 29.3 Å². The van der Waals surface area contributed by atoms with Crippen molar-refractivity contribution in [3.8, 4) is 11.4 Å². The first-order valence-electron chi connectivity index (χ1n) is 8.48. The van der Waals surface area contributed by atoms with Crippen molar-refractivity contribution in [1.29, 1.82) is 0 Å². The Morgan fingerprint density at radius 3 is 2.92 bits per heavy atom. The second-order valence-corrected chi connectivity index (χ2v) is 7.45. The number of aryl methyl sites for hydroxylation is 2. The molecule has 0 saturated heterocycles. The molecule has 0 aliphatic heterocycles. The molecule has 0 amide bonds. The molecular formula is C17H19N5O3S. The summed E-state index contributed by atoms with van der Waals surface area (Å²) in [6.45, 7) is 1.61. The van der Waals surface area contributed by atoms with E-state index in [9.17, 15) is 9.90 Å². The van der Waals surface area contributed by atoms with Crippen LogP contribution in [-0.2, 0) is 17.8 Å². The van der Waals surface area contributed by atoms with E-state index < -0.39 is 5.97 Å². The van der Waals surface area contributed by atoms with Gasteiger partial charge in [0.1, 0.15) is 6.54 Å². The Kier molecular flexibility index (Phi) is 4.39. The van der Waals surface area contributed by atoms with Crippen molar-refractivity contribution in [1.82, 2.24) is 24.9 Å². The second-order valence-electron chi connectivity index (χ2n) is 6.46. The number of carboxylic acid groups (broad SMARTS) is 1. The van der Waals surface area contributed by atoms with E-state index in [0.29, 0.717) is 35.4 Å². The SMILES string of the molecule is CSCCc1nc(-c2cc(C3CC3)nc3onc(C)c23)n(CC(=O)O)n1. The predicted octanol–water partition coefficient (Wildman–Crippen LogP) is 2.66. The predicted molar refractivity (Wildman–Crippen MR) is 97.3 cm³/mol. The van der Waals surface area contributed by atoms with Crippen molar-refractivity contribution < 1.29 is 14.4 Å². The average Bonchev–Trinajstić information content (AvgIpc) is 3.29. The lowest BCUT2D eigenvalue weighted by atomic mass is 10.1. The number of nitrogens with zero attached hydrogens (tertiary/aromatic N) is 5. The van der Waals surface area contributed by atoms with E-state index in [2.05, 4.69) is 20.2 Å². The second kappa shape index (κ2) is 6.71. The number of rotatable bonds is 7. The Hall–Kier alpha value is -2.42. The highest BCUT2D eigenvalue weighted by molar-refractivity contribution is 7.98. The van der Waals surface area contributed by atoms with Crippen molar-refractivity contribution in [3.05, 3.63) is 23.3 Å². The van der Waals surface area contributed by atoms with Crippen molar-refractivity contribution in [2.75, 3.05) is 12.0 Å². The third-order valence-corrected chi connectivity index (χ3v) is 5.02. The van der Waals surface area contributed by atoms with E-state index in [4.69, 9.17) is 4.52 Å². The lowest BCUT2D eigenvalue weighted by molar-refractivity contribution is -0.137. The number of thioether (sulfide) groups is 1. The zero-order valence-electron chi connectivity index (χ0n) is 14.6. The highest BCUT2D eigenvalue weighted by Gasteiger charge is 2.29. The van der Waals surface area contributed by atoms with Gasteiger partial charge in [0.25, 0.3) is 5.71 Å². The number of carbonyl (C=O) groups is 1. The quantitative estimate of drug-likeness (QED) is 0.673. The van der Waals surface area contributed by atoms with Gasteiger partial charge in [-0.2, -0.15) is 16.9 Å². The van der Waals surface area contributed by atoms with Crippen LogP contribution in [0.4, 0.5) is 0 Å². The van der Waals surface area contributed by atoms with E-state index in [1.807, 2.05) is 19.2 Å².